The van der Waals surface area contributed by atoms with E-state index in [0.29, 0.717) is 5.92 Å². The second-order valence-corrected chi connectivity index (χ2v) is 16.2. The van der Waals surface area contributed by atoms with Crippen molar-refractivity contribution in [1.29, 1.82) is 0 Å². The third-order valence-electron chi connectivity index (χ3n) is 12.7. The molecule has 1 unspecified atom stereocenters. The number of rotatable bonds is 7. The number of nitrogens with zero attached hydrogens (tertiary/aromatic N) is 1. The first-order valence-electron chi connectivity index (χ1n) is 20.1. The largest absolute Gasteiger partial charge is 0.456 e. The fourth-order valence-corrected chi connectivity index (χ4v) is 9.54. The summed E-state index contributed by atoms with van der Waals surface area (Å²) in [5.74, 6) is 4.24. The Balaban J connectivity index is 1.25. The molecule has 0 saturated carbocycles. The Morgan fingerprint density at radius 1 is 0.982 bits per heavy atom. The highest BCUT2D eigenvalue weighted by molar-refractivity contribution is 6.02. The fourth-order valence-electron chi connectivity index (χ4n) is 9.54. The van der Waals surface area contributed by atoms with Crippen molar-refractivity contribution >= 4 is 45.7 Å². The Kier molecular flexibility index (Phi) is 8.58. The maximum Gasteiger partial charge on any atom is 0.143 e. The van der Waals surface area contributed by atoms with Crippen molar-refractivity contribution in [3.63, 3.8) is 0 Å². The van der Waals surface area contributed by atoms with Gasteiger partial charge in [-0.05, 0) is 144 Å². The zero-order chi connectivity index (χ0) is 38.0. The van der Waals surface area contributed by atoms with E-state index in [1.165, 1.54) is 83.3 Å². The quantitative estimate of drug-likeness (QED) is 0.119. The first-order chi connectivity index (χ1) is 26.7. The lowest BCUT2D eigenvalue weighted by molar-refractivity contribution is 0.595. The van der Waals surface area contributed by atoms with Crippen LogP contribution in [0.2, 0.25) is 0 Å². The Labute approximate surface area is 326 Å². The Bertz CT molecular complexity index is 2750. The molecule has 1 atom stereocenters. The highest BCUT2D eigenvalue weighted by Crippen LogP contribution is 2.53. The lowest BCUT2D eigenvalue weighted by atomic mass is 9.82. The minimum absolute atomic E-state index is 0.172. The monoisotopic (exact) mass is 715 g/mol. The van der Waals surface area contributed by atoms with Gasteiger partial charge in [-0.1, -0.05) is 106 Å². The zero-order valence-electron chi connectivity index (χ0n) is 33.0. The van der Waals surface area contributed by atoms with Crippen LogP contribution in [0.5, 0.6) is 0 Å². The van der Waals surface area contributed by atoms with E-state index in [0.717, 1.165) is 54.6 Å². The van der Waals surface area contributed by atoms with Gasteiger partial charge in [0.1, 0.15) is 11.3 Å². The molecular formula is C53H49NO. The molecule has 0 amide bonds. The second-order valence-electron chi connectivity index (χ2n) is 16.2. The zero-order valence-corrected chi connectivity index (χ0v) is 33.0. The van der Waals surface area contributed by atoms with Crippen molar-refractivity contribution in [3.05, 3.63) is 159 Å². The van der Waals surface area contributed by atoms with Gasteiger partial charge in [0.25, 0.3) is 0 Å². The van der Waals surface area contributed by atoms with Crippen LogP contribution in [0, 0.1) is 25.2 Å². The average Bonchev–Trinajstić information content (AvgIpc) is 3.82. The van der Waals surface area contributed by atoms with Crippen molar-refractivity contribution in [2.45, 2.75) is 79.1 Å². The van der Waals surface area contributed by atoms with Gasteiger partial charge in [0.05, 0.1) is 5.52 Å². The summed E-state index contributed by atoms with van der Waals surface area (Å²) < 4.78 is 9.20. The van der Waals surface area contributed by atoms with Crippen LogP contribution in [0.3, 0.4) is 0 Å². The molecule has 0 radical (unpaired) electrons. The van der Waals surface area contributed by atoms with Crippen LogP contribution in [0.15, 0.2) is 113 Å². The Morgan fingerprint density at radius 2 is 1.84 bits per heavy atom. The topological polar surface area (TPSA) is 18.1 Å². The molecule has 3 aliphatic rings. The van der Waals surface area contributed by atoms with Crippen molar-refractivity contribution in [2.75, 3.05) is 0 Å². The van der Waals surface area contributed by atoms with Crippen LogP contribution in [-0.4, -0.2) is 4.57 Å². The van der Waals surface area contributed by atoms with E-state index in [9.17, 15) is 0 Å². The van der Waals surface area contributed by atoms with E-state index in [1.807, 2.05) is 13.0 Å². The number of allylic oxidation sites excluding steroid dienone is 7. The standard InChI is InChI=1S/C53H49NO/c1-8-15-35(16-9-2)37-21-27-48-44(30-37)45-31-38(43(33(4)10-3)29-36-18-12-11-17-34(36)5)22-28-49(45)54(48)39-23-24-42-47(32-39)53(6,7)46-26-25-41-40-19-13-14-20-50(40)55-52(41)51(42)46/h1,9,11-12,14-18,20-21,23-27,29-33H,10,13,19,22,28H2,2-7H3/b16-9-,35-15+,43-29+. The van der Waals surface area contributed by atoms with E-state index in [1.54, 1.807) is 0 Å². The van der Waals surface area contributed by atoms with Crippen LogP contribution >= 0.6 is 0 Å². The Morgan fingerprint density at radius 3 is 2.64 bits per heavy atom. The SMILES string of the molecule is C#C/C=C(\C=C/C)c1ccc2c(c1)c1c(n2-c2ccc3c(c2)C(C)(C)c2ccc4c5c(oc4c2-3)C=CCC5)CCC(/C(=C/c2ccccc2C)C(C)CC)=C1. The van der Waals surface area contributed by atoms with Crippen LogP contribution < -0.4 is 0 Å². The molecular weight excluding hydrogens is 667 g/mol. The second kappa shape index (κ2) is 13.5. The molecule has 4 aromatic carbocycles. The number of furan rings is 1. The first kappa shape index (κ1) is 35.0. The summed E-state index contributed by atoms with van der Waals surface area (Å²) in [5.41, 5.74) is 20.2. The summed E-state index contributed by atoms with van der Waals surface area (Å²) in [6.07, 6.45) is 26.4. The van der Waals surface area contributed by atoms with E-state index >= 15 is 0 Å². The number of benzene rings is 4. The number of hydrogen-bond acceptors (Lipinski definition) is 1. The first-order valence-corrected chi connectivity index (χ1v) is 20.1. The molecule has 0 saturated heterocycles. The fraction of sp³-hybridized carbons (Fsp3) is 0.245. The van der Waals surface area contributed by atoms with Crippen molar-refractivity contribution < 1.29 is 4.42 Å². The normalized spacial score (nSPS) is 16.6. The minimum Gasteiger partial charge on any atom is -0.456 e. The molecule has 0 bridgehead atoms. The maximum atomic E-state index is 6.66. The van der Waals surface area contributed by atoms with Crippen LogP contribution in [0.1, 0.15) is 104 Å². The van der Waals surface area contributed by atoms with Gasteiger partial charge >= 0.3 is 0 Å². The Hall–Kier alpha value is -5.78. The summed E-state index contributed by atoms with van der Waals surface area (Å²) in [6.45, 7) is 13.7. The summed E-state index contributed by atoms with van der Waals surface area (Å²) >= 11 is 0. The van der Waals surface area contributed by atoms with E-state index in [-0.39, 0.29) is 5.41 Å². The van der Waals surface area contributed by atoms with Gasteiger partial charge in [-0.3, -0.25) is 0 Å². The molecule has 0 N–H and O–H groups in total. The molecule has 0 spiro atoms. The lowest BCUT2D eigenvalue weighted by Crippen LogP contribution is -2.15. The van der Waals surface area contributed by atoms with Gasteiger partial charge < -0.3 is 8.98 Å². The van der Waals surface area contributed by atoms with Crippen molar-refractivity contribution in [1.82, 2.24) is 4.57 Å². The smallest absolute Gasteiger partial charge is 0.143 e. The molecule has 55 heavy (non-hydrogen) atoms. The van der Waals surface area contributed by atoms with Gasteiger partial charge in [-0.2, -0.15) is 0 Å². The van der Waals surface area contributed by atoms with Crippen molar-refractivity contribution in [2.24, 2.45) is 5.92 Å². The van der Waals surface area contributed by atoms with E-state index < -0.39 is 0 Å². The number of hydrogen-bond donors (Lipinski definition) is 0. The van der Waals surface area contributed by atoms with Crippen LogP contribution in [-0.2, 0) is 18.3 Å². The summed E-state index contributed by atoms with van der Waals surface area (Å²) in [7, 11) is 0. The predicted molar refractivity (Wildman–Crippen MR) is 234 cm³/mol. The third kappa shape index (κ3) is 5.55. The van der Waals surface area contributed by atoms with E-state index in [2.05, 4.69) is 154 Å². The van der Waals surface area contributed by atoms with Gasteiger partial charge in [0.15, 0.2) is 0 Å². The number of aryl methyl sites for hydroxylation is 2. The highest BCUT2D eigenvalue weighted by atomic mass is 16.3. The lowest BCUT2D eigenvalue weighted by Gasteiger charge is -2.24. The highest BCUT2D eigenvalue weighted by Gasteiger charge is 2.39. The molecule has 9 rings (SSSR count). The summed E-state index contributed by atoms with van der Waals surface area (Å²) in [5, 5.41) is 2.52. The molecule has 2 heteroatoms. The van der Waals surface area contributed by atoms with Gasteiger partial charge in [0, 0.05) is 44.3 Å². The molecule has 2 heterocycles. The predicted octanol–water partition coefficient (Wildman–Crippen LogP) is 14.0. The summed E-state index contributed by atoms with van der Waals surface area (Å²) in [6, 6.07) is 27.5. The van der Waals surface area contributed by atoms with Crippen molar-refractivity contribution in [3.8, 4) is 29.2 Å². The summed E-state index contributed by atoms with van der Waals surface area (Å²) in [4.78, 5) is 0. The van der Waals surface area contributed by atoms with E-state index in [4.69, 9.17) is 10.8 Å². The average molecular weight is 716 g/mol. The van der Waals surface area contributed by atoms with Gasteiger partial charge in [-0.25, -0.2) is 0 Å². The van der Waals surface area contributed by atoms with Gasteiger partial charge in [0.2, 0.25) is 0 Å². The van der Waals surface area contributed by atoms with Crippen LogP contribution in [0.4, 0.5) is 0 Å². The molecule has 0 fully saturated rings. The maximum absolute atomic E-state index is 6.66. The number of aromatic nitrogens is 1. The molecule has 2 aromatic heterocycles. The minimum atomic E-state index is -0.172. The van der Waals surface area contributed by atoms with Crippen LogP contribution in [0.25, 0.3) is 62.5 Å². The molecule has 6 aromatic rings. The molecule has 2 nitrogen and oxygen atoms in total. The number of terminal acetylenes is 1. The molecule has 272 valence electrons. The third-order valence-corrected chi connectivity index (χ3v) is 12.7. The molecule has 3 aliphatic carbocycles. The van der Waals surface area contributed by atoms with Gasteiger partial charge in [-0.15, -0.1) is 6.42 Å². The molecule has 0 aliphatic heterocycles. The number of fused-ring (bicyclic) bond motifs is 10.